The van der Waals surface area contributed by atoms with Gasteiger partial charge in [0.05, 0.1) is 10.6 Å². The number of hydrogen-bond donors (Lipinski definition) is 2. The molecule has 0 atom stereocenters. The van der Waals surface area contributed by atoms with E-state index < -0.39 is 10.0 Å². The molecule has 0 aliphatic heterocycles. The van der Waals surface area contributed by atoms with Crippen LogP contribution in [-0.4, -0.2) is 20.9 Å². The molecule has 0 bridgehead atoms. The van der Waals surface area contributed by atoms with Crippen molar-refractivity contribution >= 4 is 21.6 Å². The lowest BCUT2D eigenvalue weighted by molar-refractivity contribution is 0.0953. The first-order valence-corrected chi connectivity index (χ1v) is 8.89. The Morgan fingerprint density at radius 1 is 1.09 bits per heavy atom. The van der Waals surface area contributed by atoms with E-state index in [-0.39, 0.29) is 10.8 Å². The van der Waals surface area contributed by atoms with Crippen LogP contribution in [-0.2, 0) is 10.0 Å². The van der Waals surface area contributed by atoms with Crippen LogP contribution in [0.4, 0.5) is 5.69 Å². The number of sulfonamides is 1. The number of benzene rings is 2. The van der Waals surface area contributed by atoms with Crippen LogP contribution >= 0.6 is 0 Å². The Morgan fingerprint density at radius 3 is 2.39 bits per heavy atom. The number of amides is 1. The lowest BCUT2D eigenvalue weighted by atomic mass is 10.1. The van der Waals surface area contributed by atoms with Gasteiger partial charge in [0, 0.05) is 12.1 Å². The van der Waals surface area contributed by atoms with Crippen molar-refractivity contribution in [3.8, 4) is 0 Å². The molecule has 2 rings (SSSR count). The number of hydrogen-bond acceptors (Lipinski definition) is 3. The third-order valence-electron chi connectivity index (χ3n) is 3.32. The Kier molecular flexibility index (Phi) is 5.39. The highest BCUT2D eigenvalue weighted by Crippen LogP contribution is 2.20. The molecule has 0 spiro atoms. The molecule has 0 saturated heterocycles. The molecule has 5 nitrogen and oxygen atoms in total. The Bertz CT molecular complexity index is 787. The zero-order chi connectivity index (χ0) is 16.9. The monoisotopic (exact) mass is 332 g/mol. The minimum absolute atomic E-state index is 0.160. The first kappa shape index (κ1) is 17.0. The summed E-state index contributed by atoms with van der Waals surface area (Å²) in [4.78, 5) is 12.1. The van der Waals surface area contributed by atoms with Crippen molar-refractivity contribution in [2.24, 2.45) is 0 Å². The van der Waals surface area contributed by atoms with Crippen LogP contribution in [0.15, 0.2) is 53.4 Å². The SMILES string of the molecule is CCCNC(=O)c1ccc(NS(=O)(=O)c2ccccc2)c(C)c1. The van der Waals surface area contributed by atoms with Crippen molar-refractivity contribution in [3.63, 3.8) is 0 Å². The molecule has 0 aliphatic carbocycles. The molecule has 0 saturated carbocycles. The topological polar surface area (TPSA) is 75.3 Å². The summed E-state index contributed by atoms with van der Waals surface area (Å²) in [6.45, 7) is 4.35. The van der Waals surface area contributed by atoms with Crippen LogP contribution in [0.2, 0.25) is 0 Å². The lowest BCUT2D eigenvalue weighted by Crippen LogP contribution is -2.24. The molecule has 0 aliphatic rings. The number of anilines is 1. The van der Waals surface area contributed by atoms with Gasteiger partial charge in [0.1, 0.15) is 0 Å². The maximum atomic E-state index is 12.3. The fourth-order valence-electron chi connectivity index (χ4n) is 2.06. The van der Waals surface area contributed by atoms with E-state index in [1.807, 2.05) is 6.92 Å². The standard InChI is InChI=1S/C17H20N2O3S/c1-3-11-18-17(20)14-9-10-16(13(2)12-14)19-23(21,22)15-7-5-4-6-8-15/h4-10,12,19H,3,11H2,1-2H3,(H,18,20). The first-order chi connectivity index (χ1) is 10.9. The number of carbonyl (C=O) groups excluding carboxylic acids is 1. The second-order valence-corrected chi connectivity index (χ2v) is 6.89. The first-order valence-electron chi connectivity index (χ1n) is 7.41. The molecule has 1 amide bonds. The molecule has 0 radical (unpaired) electrons. The molecular weight excluding hydrogens is 312 g/mol. The zero-order valence-electron chi connectivity index (χ0n) is 13.2. The summed E-state index contributed by atoms with van der Waals surface area (Å²) in [5, 5.41) is 2.79. The number of carbonyl (C=O) groups is 1. The van der Waals surface area contributed by atoms with Crippen LogP contribution < -0.4 is 10.0 Å². The maximum absolute atomic E-state index is 12.3. The van der Waals surface area contributed by atoms with E-state index in [1.165, 1.54) is 12.1 Å². The highest BCUT2D eigenvalue weighted by atomic mass is 32.2. The van der Waals surface area contributed by atoms with Gasteiger partial charge in [0.25, 0.3) is 15.9 Å². The van der Waals surface area contributed by atoms with Gasteiger partial charge in [0.2, 0.25) is 0 Å². The summed E-state index contributed by atoms with van der Waals surface area (Å²) in [6.07, 6.45) is 0.861. The molecule has 2 aromatic carbocycles. The van der Waals surface area contributed by atoms with Gasteiger partial charge in [-0.2, -0.15) is 0 Å². The summed E-state index contributed by atoms with van der Waals surface area (Å²) in [7, 11) is -3.63. The third kappa shape index (κ3) is 4.32. The molecule has 2 aromatic rings. The van der Waals surface area contributed by atoms with E-state index in [4.69, 9.17) is 0 Å². The van der Waals surface area contributed by atoms with E-state index in [0.717, 1.165) is 6.42 Å². The van der Waals surface area contributed by atoms with E-state index in [0.29, 0.717) is 23.4 Å². The Morgan fingerprint density at radius 2 is 1.78 bits per heavy atom. The predicted octanol–water partition coefficient (Wildman–Crippen LogP) is 2.94. The van der Waals surface area contributed by atoms with Crippen LogP contribution in [0.5, 0.6) is 0 Å². The molecule has 0 unspecified atom stereocenters. The maximum Gasteiger partial charge on any atom is 0.261 e. The molecule has 122 valence electrons. The van der Waals surface area contributed by atoms with Gasteiger partial charge in [-0.25, -0.2) is 8.42 Å². The summed E-state index contributed by atoms with van der Waals surface area (Å²) in [5.74, 6) is -0.160. The highest BCUT2D eigenvalue weighted by Gasteiger charge is 2.15. The second-order valence-electron chi connectivity index (χ2n) is 5.20. The number of aryl methyl sites for hydroxylation is 1. The van der Waals surface area contributed by atoms with Gasteiger partial charge in [-0.3, -0.25) is 9.52 Å². The quantitative estimate of drug-likeness (QED) is 0.854. The average Bonchev–Trinajstić information content (AvgIpc) is 2.55. The predicted molar refractivity (Wildman–Crippen MR) is 91.1 cm³/mol. The van der Waals surface area contributed by atoms with Crippen molar-refractivity contribution in [1.82, 2.24) is 5.32 Å². The Hall–Kier alpha value is -2.34. The normalized spacial score (nSPS) is 11.0. The van der Waals surface area contributed by atoms with Gasteiger partial charge in [-0.1, -0.05) is 25.1 Å². The van der Waals surface area contributed by atoms with E-state index in [1.54, 1.807) is 43.3 Å². The summed E-state index contributed by atoms with van der Waals surface area (Å²) in [5.41, 5.74) is 1.66. The van der Waals surface area contributed by atoms with Gasteiger partial charge < -0.3 is 5.32 Å². The van der Waals surface area contributed by atoms with Crippen molar-refractivity contribution in [2.75, 3.05) is 11.3 Å². The molecule has 6 heteroatoms. The summed E-state index contributed by atoms with van der Waals surface area (Å²) < 4.78 is 27.2. The Labute approximate surface area is 136 Å². The van der Waals surface area contributed by atoms with Crippen molar-refractivity contribution < 1.29 is 13.2 Å². The fourth-order valence-corrected chi connectivity index (χ4v) is 3.22. The van der Waals surface area contributed by atoms with Crippen LogP contribution in [0, 0.1) is 6.92 Å². The van der Waals surface area contributed by atoms with Crippen LogP contribution in [0.1, 0.15) is 29.3 Å². The zero-order valence-corrected chi connectivity index (χ0v) is 14.0. The number of rotatable bonds is 6. The summed E-state index contributed by atoms with van der Waals surface area (Å²) in [6, 6.07) is 13.1. The fraction of sp³-hybridized carbons (Fsp3) is 0.235. The molecular formula is C17H20N2O3S. The van der Waals surface area contributed by atoms with Crippen LogP contribution in [0.25, 0.3) is 0 Å². The van der Waals surface area contributed by atoms with Crippen LogP contribution in [0.3, 0.4) is 0 Å². The highest BCUT2D eigenvalue weighted by molar-refractivity contribution is 7.92. The largest absolute Gasteiger partial charge is 0.352 e. The van der Waals surface area contributed by atoms with E-state index in [2.05, 4.69) is 10.0 Å². The van der Waals surface area contributed by atoms with Gasteiger partial charge in [-0.05, 0) is 49.2 Å². The molecule has 0 aromatic heterocycles. The molecule has 0 fully saturated rings. The molecule has 0 heterocycles. The molecule has 23 heavy (non-hydrogen) atoms. The summed E-state index contributed by atoms with van der Waals surface area (Å²) >= 11 is 0. The van der Waals surface area contributed by atoms with Crippen molar-refractivity contribution in [2.45, 2.75) is 25.2 Å². The molecule has 2 N–H and O–H groups in total. The average molecular weight is 332 g/mol. The second kappa shape index (κ2) is 7.28. The lowest BCUT2D eigenvalue weighted by Gasteiger charge is -2.12. The minimum Gasteiger partial charge on any atom is -0.352 e. The van der Waals surface area contributed by atoms with Crippen molar-refractivity contribution in [1.29, 1.82) is 0 Å². The van der Waals surface area contributed by atoms with E-state index in [9.17, 15) is 13.2 Å². The van der Waals surface area contributed by atoms with E-state index >= 15 is 0 Å². The Balaban J connectivity index is 2.20. The van der Waals surface area contributed by atoms with Crippen molar-refractivity contribution in [3.05, 3.63) is 59.7 Å². The smallest absolute Gasteiger partial charge is 0.261 e. The van der Waals surface area contributed by atoms with Gasteiger partial charge >= 0.3 is 0 Å². The number of nitrogens with one attached hydrogen (secondary N) is 2. The third-order valence-corrected chi connectivity index (χ3v) is 4.70. The van der Waals surface area contributed by atoms with Gasteiger partial charge in [-0.15, -0.1) is 0 Å². The van der Waals surface area contributed by atoms with Gasteiger partial charge in [0.15, 0.2) is 0 Å². The minimum atomic E-state index is -3.63.